The minimum Gasteiger partial charge on any atom is -0.266 e. The zero-order valence-electron chi connectivity index (χ0n) is 12.8. The Hall–Kier alpha value is -2.41. The second kappa shape index (κ2) is 7.23. The standard InChI is InChI=1S/C16H18N2O4S/c1-2-3-13-17(14-7-5-4-6-8-14)23(21,22)16-11-9-15(10-12-16)18(19)20/h4-12H,2-3,13H2,1H3. The zero-order chi connectivity index (χ0) is 16.9. The molecule has 0 atom stereocenters. The number of sulfonamides is 1. The second-order valence-electron chi connectivity index (χ2n) is 5.02. The van der Waals surface area contributed by atoms with Gasteiger partial charge in [-0.1, -0.05) is 31.5 Å². The third-order valence-corrected chi connectivity index (χ3v) is 5.24. The van der Waals surface area contributed by atoms with E-state index in [9.17, 15) is 18.5 Å². The number of benzene rings is 2. The summed E-state index contributed by atoms with van der Waals surface area (Å²) in [5, 5.41) is 10.7. The van der Waals surface area contributed by atoms with Crippen molar-refractivity contribution in [2.45, 2.75) is 24.7 Å². The first-order valence-corrected chi connectivity index (χ1v) is 8.73. The molecule has 0 fully saturated rings. The predicted octanol–water partition coefficient (Wildman–Crippen LogP) is 3.59. The summed E-state index contributed by atoms with van der Waals surface area (Å²) in [7, 11) is -3.76. The van der Waals surface area contributed by atoms with Crippen LogP contribution < -0.4 is 4.31 Å². The van der Waals surface area contributed by atoms with E-state index in [1.54, 1.807) is 24.3 Å². The number of nitro benzene ring substituents is 1. The molecular formula is C16H18N2O4S. The third kappa shape index (κ3) is 3.87. The molecular weight excluding hydrogens is 316 g/mol. The second-order valence-corrected chi connectivity index (χ2v) is 6.88. The topological polar surface area (TPSA) is 80.5 Å². The maximum Gasteiger partial charge on any atom is 0.269 e. The number of nitro groups is 1. The normalized spacial score (nSPS) is 11.2. The smallest absolute Gasteiger partial charge is 0.266 e. The van der Waals surface area contributed by atoms with E-state index in [1.165, 1.54) is 28.6 Å². The summed E-state index contributed by atoms with van der Waals surface area (Å²) in [4.78, 5) is 10.2. The fourth-order valence-electron chi connectivity index (χ4n) is 2.15. The largest absolute Gasteiger partial charge is 0.269 e. The first-order valence-electron chi connectivity index (χ1n) is 7.29. The summed E-state index contributed by atoms with van der Waals surface area (Å²) in [5.74, 6) is 0. The maximum atomic E-state index is 12.9. The Bertz CT molecular complexity index is 758. The van der Waals surface area contributed by atoms with E-state index >= 15 is 0 Å². The van der Waals surface area contributed by atoms with Gasteiger partial charge in [-0.15, -0.1) is 0 Å². The average Bonchev–Trinajstić information content (AvgIpc) is 2.56. The third-order valence-electron chi connectivity index (χ3n) is 3.39. The molecule has 0 N–H and O–H groups in total. The molecule has 0 spiro atoms. The Balaban J connectivity index is 2.41. The first-order chi connectivity index (χ1) is 11.0. The van der Waals surface area contributed by atoms with Gasteiger partial charge in [0.2, 0.25) is 0 Å². The molecule has 0 saturated carbocycles. The van der Waals surface area contributed by atoms with Crippen LogP contribution in [0.4, 0.5) is 11.4 Å². The fraction of sp³-hybridized carbons (Fsp3) is 0.250. The van der Waals surface area contributed by atoms with Gasteiger partial charge in [-0.25, -0.2) is 8.42 Å². The van der Waals surface area contributed by atoms with Crippen LogP contribution in [-0.4, -0.2) is 19.9 Å². The number of rotatable bonds is 7. The van der Waals surface area contributed by atoms with Crippen molar-refractivity contribution in [1.82, 2.24) is 0 Å². The van der Waals surface area contributed by atoms with Crippen molar-refractivity contribution in [2.75, 3.05) is 10.8 Å². The van der Waals surface area contributed by atoms with Gasteiger partial charge in [0.25, 0.3) is 15.7 Å². The monoisotopic (exact) mass is 334 g/mol. The summed E-state index contributed by atoms with van der Waals surface area (Å²) in [5.41, 5.74) is 0.447. The minimum atomic E-state index is -3.76. The highest BCUT2D eigenvalue weighted by molar-refractivity contribution is 7.92. The van der Waals surface area contributed by atoms with Crippen molar-refractivity contribution in [3.63, 3.8) is 0 Å². The highest BCUT2D eigenvalue weighted by Crippen LogP contribution is 2.25. The molecule has 7 heteroatoms. The Morgan fingerprint density at radius 1 is 1.04 bits per heavy atom. The SMILES string of the molecule is CCCCN(c1ccccc1)S(=O)(=O)c1ccc([N+](=O)[O-])cc1. The molecule has 2 rings (SSSR count). The summed E-state index contributed by atoms with van der Waals surface area (Å²) >= 11 is 0. The van der Waals surface area contributed by atoms with E-state index in [-0.39, 0.29) is 10.6 Å². The van der Waals surface area contributed by atoms with Gasteiger partial charge in [0.05, 0.1) is 15.5 Å². The zero-order valence-corrected chi connectivity index (χ0v) is 13.6. The lowest BCUT2D eigenvalue weighted by molar-refractivity contribution is -0.384. The van der Waals surface area contributed by atoms with Crippen LogP contribution in [0.15, 0.2) is 59.5 Å². The quantitative estimate of drug-likeness (QED) is 0.572. The number of hydrogen-bond donors (Lipinski definition) is 0. The highest BCUT2D eigenvalue weighted by Gasteiger charge is 2.25. The van der Waals surface area contributed by atoms with Crippen LogP contribution in [0.5, 0.6) is 0 Å². The molecule has 23 heavy (non-hydrogen) atoms. The number of hydrogen-bond acceptors (Lipinski definition) is 4. The van der Waals surface area contributed by atoms with E-state index in [0.717, 1.165) is 12.8 Å². The van der Waals surface area contributed by atoms with E-state index in [1.807, 2.05) is 13.0 Å². The van der Waals surface area contributed by atoms with Crippen LogP contribution in [0.3, 0.4) is 0 Å². The maximum absolute atomic E-state index is 12.9. The number of anilines is 1. The number of non-ortho nitro benzene ring substituents is 1. The number of unbranched alkanes of at least 4 members (excludes halogenated alkanes) is 1. The molecule has 0 aliphatic carbocycles. The van der Waals surface area contributed by atoms with Gasteiger partial charge >= 0.3 is 0 Å². The lowest BCUT2D eigenvalue weighted by Crippen LogP contribution is -2.32. The van der Waals surface area contributed by atoms with E-state index in [0.29, 0.717) is 12.2 Å². The van der Waals surface area contributed by atoms with Crippen LogP contribution in [0.25, 0.3) is 0 Å². The molecule has 122 valence electrons. The Kier molecular flexibility index (Phi) is 5.33. The van der Waals surface area contributed by atoms with E-state index in [2.05, 4.69) is 0 Å². The molecule has 0 heterocycles. The van der Waals surface area contributed by atoms with Crippen molar-refractivity contribution in [3.8, 4) is 0 Å². The van der Waals surface area contributed by atoms with Crippen LogP contribution in [0.2, 0.25) is 0 Å². The van der Waals surface area contributed by atoms with Crippen molar-refractivity contribution >= 4 is 21.4 Å². The molecule has 0 amide bonds. The molecule has 0 radical (unpaired) electrons. The summed E-state index contributed by atoms with van der Waals surface area (Å²) < 4.78 is 27.1. The van der Waals surface area contributed by atoms with Gasteiger partial charge in [-0.05, 0) is 30.7 Å². The van der Waals surface area contributed by atoms with Gasteiger partial charge in [0, 0.05) is 18.7 Å². The van der Waals surface area contributed by atoms with Crippen LogP contribution in [0, 0.1) is 10.1 Å². The molecule has 2 aromatic carbocycles. The average molecular weight is 334 g/mol. The van der Waals surface area contributed by atoms with Crippen LogP contribution in [0.1, 0.15) is 19.8 Å². The molecule has 0 saturated heterocycles. The highest BCUT2D eigenvalue weighted by atomic mass is 32.2. The molecule has 6 nitrogen and oxygen atoms in total. The van der Waals surface area contributed by atoms with Crippen molar-refractivity contribution in [2.24, 2.45) is 0 Å². The first kappa shape index (κ1) is 17.0. The minimum absolute atomic E-state index is 0.0445. The summed E-state index contributed by atoms with van der Waals surface area (Å²) in [6.45, 7) is 2.35. The Labute approximate surface area is 135 Å². The van der Waals surface area contributed by atoms with E-state index < -0.39 is 14.9 Å². The lowest BCUT2D eigenvalue weighted by Gasteiger charge is -2.24. The van der Waals surface area contributed by atoms with Crippen molar-refractivity contribution in [1.29, 1.82) is 0 Å². The summed E-state index contributed by atoms with van der Waals surface area (Å²) in [6, 6.07) is 13.8. The molecule has 0 unspecified atom stereocenters. The molecule has 0 aromatic heterocycles. The van der Waals surface area contributed by atoms with Gasteiger partial charge in [-0.3, -0.25) is 14.4 Å². The van der Waals surface area contributed by atoms with Gasteiger partial charge in [0.1, 0.15) is 0 Å². The number of nitrogens with zero attached hydrogens (tertiary/aromatic N) is 2. The summed E-state index contributed by atoms with van der Waals surface area (Å²) in [6.07, 6.45) is 1.58. The van der Waals surface area contributed by atoms with Crippen LogP contribution >= 0.6 is 0 Å². The predicted molar refractivity (Wildman–Crippen MR) is 89.0 cm³/mol. The lowest BCUT2D eigenvalue weighted by atomic mass is 10.3. The molecule has 0 bridgehead atoms. The number of para-hydroxylation sites is 1. The molecule has 2 aromatic rings. The van der Waals surface area contributed by atoms with Crippen molar-refractivity contribution in [3.05, 3.63) is 64.7 Å². The molecule has 0 aliphatic heterocycles. The van der Waals surface area contributed by atoms with Gasteiger partial charge in [0.15, 0.2) is 0 Å². The van der Waals surface area contributed by atoms with Crippen molar-refractivity contribution < 1.29 is 13.3 Å². The van der Waals surface area contributed by atoms with Gasteiger partial charge < -0.3 is 0 Å². The van der Waals surface area contributed by atoms with Gasteiger partial charge in [-0.2, -0.15) is 0 Å². The van der Waals surface area contributed by atoms with Crippen LogP contribution in [-0.2, 0) is 10.0 Å². The molecule has 0 aliphatic rings. The Morgan fingerprint density at radius 3 is 2.17 bits per heavy atom. The Morgan fingerprint density at radius 2 is 1.65 bits per heavy atom. The fourth-order valence-corrected chi connectivity index (χ4v) is 3.65. The van der Waals surface area contributed by atoms with E-state index in [4.69, 9.17) is 0 Å².